The predicted molar refractivity (Wildman–Crippen MR) is 112 cm³/mol. The van der Waals surface area contributed by atoms with Gasteiger partial charge in [0.05, 0.1) is 6.26 Å². The van der Waals surface area contributed by atoms with E-state index in [2.05, 4.69) is 29.2 Å². The quantitative estimate of drug-likeness (QED) is 0.780. The van der Waals surface area contributed by atoms with Crippen LogP contribution >= 0.6 is 0 Å². The fourth-order valence-corrected chi connectivity index (χ4v) is 4.15. The lowest BCUT2D eigenvalue weighted by molar-refractivity contribution is -0.132. The summed E-state index contributed by atoms with van der Waals surface area (Å²) in [5.74, 6) is 0.420. The molecule has 2 aliphatic heterocycles. The largest absolute Gasteiger partial charge is 0.459 e. The Labute approximate surface area is 172 Å². The van der Waals surface area contributed by atoms with Crippen LogP contribution in [0.3, 0.4) is 0 Å². The average Bonchev–Trinajstić information content (AvgIpc) is 3.33. The van der Waals surface area contributed by atoms with Crippen LogP contribution in [0.5, 0.6) is 0 Å². The van der Waals surface area contributed by atoms with Gasteiger partial charge in [-0.15, -0.1) is 0 Å². The Balaban J connectivity index is 1.22. The normalized spacial score (nSPS) is 17.4. The number of hydrogen-bond acceptors (Lipinski definition) is 4. The zero-order valence-corrected chi connectivity index (χ0v) is 16.9. The Kier molecular flexibility index (Phi) is 6.17. The first-order valence-corrected chi connectivity index (χ1v) is 10.7. The van der Waals surface area contributed by atoms with Crippen LogP contribution < -0.4 is 4.90 Å². The van der Waals surface area contributed by atoms with Gasteiger partial charge < -0.3 is 19.1 Å². The van der Waals surface area contributed by atoms with E-state index in [0.29, 0.717) is 38.4 Å². The summed E-state index contributed by atoms with van der Waals surface area (Å²) in [4.78, 5) is 31.0. The first-order chi connectivity index (χ1) is 14.2. The van der Waals surface area contributed by atoms with Gasteiger partial charge in [-0.2, -0.15) is 0 Å². The van der Waals surface area contributed by atoms with E-state index in [-0.39, 0.29) is 11.8 Å². The van der Waals surface area contributed by atoms with Gasteiger partial charge in [-0.25, -0.2) is 0 Å². The second-order valence-electron chi connectivity index (χ2n) is 7.86. The Morgan fingerprint density at radius 3 is 2.17 bits per heavy atom. The highest BCUT2D eigenvalue weighted by Gasteiger charge is 2.25. The molecule has 0 spiro atoms. The number of hydrogen-bond donors (Lipinski definition) is 0. The number of nitrogens with zero attached hydrogens (tertiary/aromatic N) is 3. The molecule has 0 atom stereocenters. The van der Waals surface area contributed by atoms with E-state index in [1.807, 2.05) is 4.90 Å². The third kappa shape index (κ3) is 4.81. The van der Waals surface area contributed by atoms with Crippen molar-refractivity contribution < 1.29 is 14.0 Å². The molecule has 0 N–H and O–H groups in total. The second kappa shape index (κ2) is 9.16. The smallest absolute Gasteiger partial charge is 0.289 e. The van der Waals surface area contributed by atoms with Gasteiger partial charge in [0.2, 0.25) is 5.91 Å². The third-order valence-electron chi connectivity index (χ3n) is 5.94. The van der Waals surface area contributed by atoms with E-state index >= 15 is 0 Å². The highest BCUT2D eigenvalue weighted by atomic mass is 16.3. The van der Waals surface area contributed by atoms with Crippen LogP contribution in [0.25, 0.3) is 0 Å². The number of piperazine rings is 1. The maximum absolute atomic E-state index is 12.6. The molecule has 154 valence electrons. The van der Waals surface area contributed by atoms with Crippen molar-refractivity contribution in [2.45, 2.75) is 32.1 Å². The summed E-state index contributed by atoms with van der Waals surface area (Å²) >= 11 is 0. The molecule has 0 unspecified atom stereocenters. The molecule has 0 bridgehead atoms. The number of aryl methyl sites for hydroxylation is 1. The average molecular weight is 396 g/mol. The van der Waals surface area contributed by atoms with Gasteiger partial charge in [0.1, 0.15) is 0 Å². The van der Waals surface area contributed by atoms with Crippen LogP contribution in [0.2, 0.25) is 0 Å². The summed E-state index contributed by atoms with van der Waals surface area (Å²) in [5, 5.41) is 0. The Hall–Kier alpha value is -2.76. The van der Waals surface area contributed by atoms with Crippen molar-refractivity contribution in [2.75, 3.05) is 44.2 Å². The van der Waals surface area contributed by atoms with Gasteiger partial charge in [-0.1, -0.05) is 12.1 Å². The number of amides is 2. The summed E-state index contributed by atoms with van der Waals surface area (Å²) in [6.07, 6.45) is 6.65. The van der Waals surface area contributed by atoms with Crippen molar-refractivity contribution in [2.24, 2.45) is 0 Å². The standard InChI is InChI=1S/C23H29N3O3/c27-22(25-14-16-26(17-15-25)23(28)21-5-4-18-29-21)11-8-19-6-9-20(10-7-19)24-12-2-1-3-13-24/h4-7,9-10,18H,1-3,8,11-17H2. The van der Waals surface area contributed by atoms with E-state index in [4.69, 9.17) is 4.42 Å². The number of benzene rings is 1. The molecule has 1 aromatic carbocycles. The molecule has 6 nitrogen and oxygen atoms in total. The molecule has 0 radical (unpaired) electrons. The molecule has 6 heteroatoms. The molecular formula is C23H29N3O3. The van der Waals surface area contributed by atoms with Crippen LogP contribution in [-0.2, 0) is 11.2 Å². The van der Waals surface area contributed by atoms with Crippen LogP contribution in [0.4, 0.5) is 5.69 Å². The summed E-state index contributed by atoms with van der Waals surface area (Å²) in [7, 11) is 0. The van der Waals surface area contributed by atoms with Crippen molar-refractivity contribution in [3.05, 3.63) is 54.0 Å². The minimum absolute atomic E-state index is 0.101. The molecule has 3 heterocycles. The summed E-state index contributed by atoms with van der Waals surface area (Å²) in [6, 6.07) is 12.1. The van der Waals surface area contributed by atoms with E-state index in [1.165, 1.54) is 36.8 Å². The molecular weight excluding hydrogens is 366 g/mol. The van der Waals surface area contributed by atoms with Gasteiger partial charge in [-0.3, -0.25) is 9.59 Å². The van der Waals surface area contributed by atoms with E-state index in [9.17, 15) is 9.59 Å². The minimum atomic E-state index is -0.101. The van der Waals surface area contributed by atoms with Crippen molar-refractivity contribution >= 4 is 17.5 Å². The first kappa shape index (κ1) is 19.6. The molecule has 29 heavy (non-hydrogen) atoms. The number of rotatable bonds is 5. The van der Waals surface area contributed by atoms with Gasteiger partial charge in [-0.05, 0) is 55.5 Å². The molecule has 1 aromatic heterocycles. The second-order valence-corrected chi connectivity index (χ2v) is 7.86. The fourth-order valence-electron chi connectivity index (χ4n) is 4.15. The molecule has 2 aliphatic rings. The molecule has 0 aliphatic carbocycles. The zero-order valence-electron chi connectivity index (χ0n) is 16.9. The molecule has 2 saturated heterocycles. The summed E-state index contributed by atoms with van der Waals surface area (Å²) in [5.41, 5.74) is 2.49. The number of furan rings is 1. The van der Waals surface area contributed by atoms with Crippen LogP contribution in [0.1, 0.15) is 41.8 Å². The predicted octanol–water partition coefficient (Wildman–Crippen LogP) is 3.19. The topological polar surface area (TPSA) is 57.0 Å². The van der Waals surface area contributed by atoms with Crippen LogP contribution in [0, 0.1) is 0 Å². The van der Waals surface area contributed by atoms with Crippen LogP contribution in [-0.4, -0.2) is 60.9 Å². The van der Waals surface area contributed by atoms with E-state index in [1.54, 1.807) is 17.0 Å². The van der Waals surface area contributed by atoms with Gasteiger partial charge >= 0.3 is 0 Å². The summed E-state index contributed by atoms with van der Waals surface area (Å²) < 4.78 is 5.18. The molecule has 0 saturated carbocycles. The SMILES string of the molecule is O=C(CCc1ccc(N2CCCCC2)cc1)N1CCN(C(=O)c2ccco2)CC1. The molecule has 2 amide bonds. The highest BCUT2D eigenvalue weighted by molar-refractivity contribution is 5.91. The minimum Gasteiger partial charge on any atom is -0.459 e. The molecule has 4 rings (SSSR count). The van der Waals surface area contributed by atoms with E-state index in [0.717, 1.165) is 19.5 Å². The van der Waals surface area contributed by atoms with Gasteiger partial charge in [0.25, 0.3) is 5.91 Å². The Bertz CT molecular complexity index is 802. The lowest BCUT2D eigenvalue weighted by atomic mass is 10.1. The molecule has 2 fully saturated rings. The monoisotopic (exact) mass is 395 g/mol. The van der Waals surface area contributed by atoms with Gasteiger partial charge in [0.15, 0.2) is 5.76 Å². The van der Waals surface area contributed by atoms with Crippen molar-refractivity contribution in [1.29, 1.82) is 0 Å². The fraction of sp³-hybridized carbons (Fsp3) is 0.478. The Morgan fingerprint density at radius 1 is 0.828 bits per heavy atom. The maximum Gasteiger partial charge on any atom is 0.289 e. The number of carbonyl (C=O) groups is 2. The van der Waals surface area contributed by atoms with Gasteiger partial charge in [0, 0.05) is 51.4 Å². The van der Waals surface area contributed by atoms with E-state index < -0.39 is 0 Å². The number of carbonyl (C=O) groups excluding carboxylic acids is 2. The lowest BCUT2D eigenvalue weighted by Gasteiger charge is -2.34. The zero-order chi connectivity index (χ0) is 20.1. The first-order valence-electron chi connectivity index (χ1n) is 10.7. The van der Waals surface area contributed by atoms with Crippen molar-refractivity contribution in [3.8, 4) is 0 Å². The van der Waals surface area contributed by atoms with Crippen LogP contribution in [0.15, 0.2) is 47.1 Å². The number of piperidine rings is 1. The summed E-state index contributed by atoms with van der Waals surface area (Å²) in [6.45, 7) is 4.56. The van der Waals surface area contributed by atoms with Crippen molar-refractivity contribution in [1.82, 2.24) is 9.80 Å². The maximum atomic E-state index is 12.6. The third-order valence-corrected chi connectivity index (χ3v) is 5.94. The lowest BCUT2D eigenvalue weighted by Crippen LogP contribution is -2.50. The molecule has 2 aromatic rings. The number of anilines is 1. The van der Waals surface area contributed by atoms with Crippen molar-refractivity contribution in [3.63, 3.8) is 0 Å². The Morgan fingerprint density at radius 2 is 1.52 bits per heavy atom. The highest BCUT2D eigenvalue weighted by Crippen LogP contribution is 2.21.